The van der Waals surface area contributed by atoms with Crippen molar-refractivity contribution < 1.29 is 13.9 Å². The average molecular weight is 335 g/mol. The SMILES string of the molecule is CCOc1cc2occ(C)c2cc1/C(C)=C/C(=O)Nc1ccccc1. The van der Waals surface area contributed by atoms with Crippen LogP contribution in [0.4, 0.5) is 5.69 Å². The van der Waals surface area contributed by atoms with Crippen molar-refractivity contribution in [3.63, 3.8) is 0 Å². The minimum atomic E-state index is -0.171. The summed E-state index contributed by atoms with van der Waals surface area (Å²) in [6, 6.07) is 13.3. The molecule has 1 N–H and O–H groups in total. The van der Waals surface area contributed by atoms with Gasteiger partial charge in [-0.3, -0.25) is 4.79 Å². The van der Waals surface area contributed by atoms with Crippen molar-refractivity contribution in [1.82, 2.24) is 0 Å². The molecule has 128 valence electrons. The first-order valence-electron chi connectivity index (χ1n) is 8.28. The van der Waals surface area contributed by atoms with Crippen LogP contribution >= 0.6 is 0 Å². The number of fused-ring (bicyclic) bond motifs is 1. The highest BCUT2D eigenvalue weighted by Gasteiger charge is 2.13. The van der Waals surface area contributed by atoms with Gasteiger partial charge in [0.15, 0.2) is 0 Å². The van der Waals surface area contributed by atoms with Crippen LogP contribution in [0.5, 0.6) is 5.75 Å². The first kappa shape index (κ1) is 16.8. The fourth-order valence-corrected chi connectivity index (χ4v) is 2.74. The maximum Gasteiger partial charge on any atom is 0.248 e. The van der Waals surface area contributed by atoms with E-state index in [0.29, 0.717) is 12.4 Å². The van der Waals surface area contributed by atoms with Crippen LogP contribution in [0.1, 0.15) is 25.0 Å². The van der Waals surface area contributed by atoms with Gasteiger partial charge in [-0.05, 0) is 50.1 Å². The Morgan fingerprint density at radius 2 is 2.00 bits per heavy atom. The van der Waals surface area contributed by atoms with E-state index in [1.54, 1.807) is 12.3 Å². The Morgan fingerprint density at radius 1 is 1.24 bits per heavy atom. The maximum atomic E-state index is 12.3. The minimum Gasteiger partial charge on any atom is -0.493 e. The van der Waals surface area contributed by atoms with E-state index in [-0.39, 0.29) is 5.91 Å². The monoisotopic (exact) mass is 335 g/mol. The number of rotatable bonds is 5. The molecule has 3 aromatic rings. The lowest BCUT2D eigenvalue weighted by atomic mass is 10.0. The molecule has 0 aliphatic rings. The molecule has 25 heavy (non-hydrogen) atoms. The number of amides is 1. The van der Waals surface area contributed by atoms with E-state index >= 15 is 0 Å². The zero-order valence-electron chi connectivity index (χ0n) is 14.6. The Balaban J connectivity index is 1.94. The molecule has 0 spiro atoms. The van der Waals surface area contributed by atoms with Gasteiger partial charge in [-0.2, -0.15) is 0 Å². The number of carbonyl (C=O) groups excluding carboxylic acids is 1. The molecule has 1 amide bonds. The number of ether oxygens (including phenoxy) is 1. The summed E-state index contributed by atoms with van der Waals surface area (Å²) in [5.41, 5.74) is 4.33. The molecule has 3 rings (SSSR count). The first-order chi connectivity index (χ1) is 12.1. The summed E-state index contributed by atoms with van der Waals surface area (Å²) < 4.78 is 11.3. The van der Waals surface area contributed by atoms with Gasteiger partial charge in [0.1, 0.15) is 11.3 Å². The number of para-hydroxylation sites is 1. The lowest BCUT2D eigenvalue weighted by Gasteiger charge is -2.11. The molecule has 0 bridgehead atoms. The minimum absolute atomic E-state index is 0.171. The van der Waals surface area contributed by atoms with Crippen LogP contribution in [0.15, 0.2) is 59.2 Å². The fourth-order valence-electron chi connectivity index (χ4n) is 2.74. The number of anilines is 1. The molecule has 4 heteroatoms. The highest BCUT2D eigenvalue weighted by Crippen LogP contribution is 2.33. The quantitative estimate of drug-likeness (QED) is 0.653. The van der Waals surface area contributed by atoms with E-state index < -0.39 is 0 Å². The molecule has 0 aliphatic carbocycles. The first-order valence-corrected chi connectivity index (χ1v) is 8.28. The van der Waals surface area contributed by atoms with E-state index in [1.807, 2.05) is 63.2 Å². The number of furan rings is 1. The van der Waals surface area contributed by atoms with E-state index in [2.05, 4.69) is 5.32 Å². The number of nitrogens with one attached hydrogen (secondary N) is 1. The van der Waals surface area contributed by atoms with Crippen LogP contribution in [0, 0.1) is 6.92 Å². The van der Waals surface area contributed by atoms with Gasteiger partial charge in [0.2, 0.25) is 5.91 Å². The summed E-state index contributed by atoms with van der Waals surface area (Å²) in [6.45, 7) is 6.38. The third-order valence-electron chi connectivity index (χ3n) is 3.98. The van der Waals surface area contributed by atoms with Crippen molar-refractivity contribution in [3.8, 4) is 5.75 Å². The van der Waals surface area contributed by atoms with Gasteiger partial charge in [-0.25, -0.2) is 0 Å². The highest BCUT2D eigenvalue weighted by atomic mass is 16.5. The highest BCUT2D eigenvalue weighted by molar-refractivity contribution is 6.04. The Morgan fingerprint density at radius 3 is 2.72 bits per heavy atom. The van der Waals surface area contributed by atoms with E-state index in [4.69, 9.17) is 9.15 Å². The Bertz CT molecular complexity index is 923. The van der Waals surface area contributed by atoms with Crippen LogP contribution in [-0.2, 0) is 4.79 Å². The second-order valence-electron chi connectivity index (χ2n) is 5.88. The zero-order valence-corrected chi connectivity index (χ0v) is 14.6. The number of hydrogen-bond donors (Lipinski definition) is 1. The molecule has 4 nitrogen and oxygen atoms in total. The molecule has 0 fully saturated rings. The molecule has 0 unspecified atom stereocenters. The Labute approximate surface area is 147 Å². The summed E-state index contributed by atoms with van der Waals surface area (Å²) in [7, 11) is 0. The van der Waals surface area contributed by atoms with Gasteiger partial charge in [-0.1, -0.05) is 18.2 Å². The van der Waals surface area contributed by atoms with Crippen molar-refractivity contribution in [1.29, 1.82) is 0 Å². The summed E-state index contributed by atoms with van der Waals surface area (Å²) in [6.07, 6.45) is 3.32. The van der Waals surface area contributed by atoms with Crippen LogP contribution in [0.2, 0.25) is 0 Å². The van der Waals surface area contributed by atoms with E-state index in [1.165, 1.54) is 0 Å². The van der Waals surface area contributed by atoms with Gasteiger partial charge in [0.05, 0.1) is 12.9 Å². The van der Waals surface area contributed by atoms with Gasteiger partial charge in [-0.15, -0.1) is 0 Å². The molecule has 0 atom stereocenters. The van der Waals surface area contributed by atoms with Gasteiger partial charge in [0.25, 0.3) is 0 Å². The zero-order chi connectivity index (χ0) is 17.8. The van der Waals surface area contributed by atoms with Crippen molar-refractivity contribution in [2.75, 3.05) is 11.9 Å². The molecule has 0 aliphatic heterocycles. The topological polar surface area (TPSA) is 51.5 Å². The van der Waals surface area contributed by atoms with Crippen molar-refractivity contribution in [2.24, 2.45) is 0 Å². The van der Waals surface area contributed by atoms with Crippen LogP contribution in [0.25, 0.3) is 16.5 Å². The van der Waals surface area contributed by atoms with Gasteiger partial charge in [0, 0.05) is 28.8 Å². The number of benzene rings is 2. The van der Waals surface area contributed by atoms with Crippen molar-refractivity contribution >= 4 is 28.1 Å². The molecular weight excluding hydrogens is 314 g/mol. The average Bonchev–Trinajstić information content (AvgIpc) is 2.95. The molecule has 0 saturated carbocycles. The predicted octanol–water partition coefficient (Wildman–Crippen LogP) is 5.18. The van der Waals surface area contributed by atoms with E-state index in [0.717, 1.165) is 33.4 Å². The van der Waals surface area contributed by atoms with Gasteiger partial charge < -0.3 is 14.5 Å². The number of hydrogen-bond acceptors (Lipinski definition) is 3. The maximum absolute atomic E-state index is 12.3. The number of carbonyl (C=O) groups is 1. The molecule has 0 radical (unpaired) electrons. The van der Waals surface area contributed by atoms with Crippen molar-refractivity contribution in [2.45, 2.75) is 20.8 Å². The smallest absolute Gasteiger partial charge is 0.248 e. The second kappa shape index (κ2) is 7.26. The summed E-state index contributed by atoms with van der Waals surface area (Å²) >= 11 is 0. The molecule has 1 heterocycles. The summed E-state index contributed by atoms with van der Waals surface area (Å²) in [5.74, 6) is 0.542. The lowest BCUT2D eigenvalue weighted by molar-refractivity contribution is -0.111. The van der Waals surface area contributed by atoms with Crippen LogP contribution in [0.3, 0.4) is 0 Å². The fraction of sp³-hybridized carbons (Fsp3) is 0.190. The standard InChI is InChI=1S/C21H21NO3/c1-4-24-19-12-20-18(15(3)13-25-20)11-17(19)14(2)10-21(23)22-16-8-6-5-7-9-16/h5-13H,4H2,1-3H3,(H,22,23)/b14-10+. The third-order valence-corrected chi connectivity index (χ3v) is 3.98. The Kier molecular flexibility index (Phi) is 4.89. The Hall–Kier alpha value is -3.01. The van der Waals surface area contributed by atoms with Crippen LogP contribution in [-0.4, -0.2) is 12.5 Å². The van der Waals surface area contributed by atoms with Crippen molar-refractivity contribution in [3.05, 3.63) is 65.9 Å². The normalized spacial score (nSPS) is 11.6. The van der Waals surface area contributed by atoms with Gasteiger partial charge >= 0.3 is 0 Å². The lowest BCUT2D eigenvalue weighted by Crippen LogP contribution is -2.08. The molecule has 2 aromatic carbocycles. The summed E-state index contributed by atoms with van der Waals surface area (Å²) in [4.78, 5) is 12.3. The third kappa shape index (κ3) is 3.74. The number of allylic oxidation sites excluding steroid dienone is 1. The largest absolute Gasteiger partial charge is 0.493 e. The molecule has 1 aromatic heterocycles. The van der Waals surface area contributed by atoms with Crippen LogP contribution < -0.4 is 10.1 Å². The second-order valence-corrected chi connectivity index (χ2v) is 5.88. The summed E-state index contributed by atoms with van der Waals surface area (Å²) in [5, 5.41) is 3.89. The molecular formula is C21H21NO3. The molecule has 0 saturated heterocycles. The predicted molar refractivity (Wildman–Crippen MR) is 101 cm³/mol. The van der Waals surface area contributed by atoms with E-state index in [9.17, 15) is 4.79 Å². The number of aryl methyl sites for hydroxylation is 1.